The van der Waals surface area contributed by atoms with Crippen molar-refractivity contribution in [2.45, 2.75) is 18.4 Å². The van der Waals surface area contributed by atoms with Crippen molar-refractivity contribution in [2.75, 3.05) is 18.3 Å². The van der Waals surface area contributed by atoms with Gasteiger partial charge in [-0.25, -0.2) is 15.8 Å². The number of aryl methyl sites for hydroxylation is 1. The van der Waals surface area contributed by atoms with E-state index in [1.165, 1.54) is 23.7 Å². The number of methoxy groups -OCH3 is 1. The molecule has 0 fully saturated rings. The third-order valence-corrected chi connectivity index (χ3v) is 4.58. The van der Waals surface area contributed by atoms with Crippen LogP contribution in [0.1, 0.15) is 11.8 Å². The fourth-order valence-electron chi connectivity index (χ4n) is 1.48. The van der Waals surface area contributed by atoms with Crippen LogP contribution < -0.4 is 11.3 Å². The van der Waals surface area contributed by atoms with E-state index >= 15 is 0 Å². The smallest absolute Gasteiger partial charge is 0.316 e. The molecule has 0 spiro atoms. The van der Waals surface area contributed by atoms with E-state index in [2.05, 4.69) is 33.1 Å². The van der Waals surface area contributed by atoms with Crippen LogP contribution in [-0.4, -0.2) is 28.8 Å². The monoisotopic (exact) mass is 298 g/mol. The van der Waals surface area contributed by atoms with Gasteiger partial charge in [0.15, 0.2) is 0 Å². The normalized spacial score (nSPS) is 10.7. The van der Waals surface area contributed by atoms with Gasteiger partial charge >= 0.3 is 5.97 Å². The number of carbonyl (C=O) groups is 1. The number of aromatic nitrogens is 2. The lowest BCUT2D eigenvalue weighted by atomic mass is 10.3. The van der Waals surface area contributed by atoms with E-state index < -0.39 is 0 Å². The molecule has 0 amide bonds. The van der Waals surface area contributed by atoms with E-state index in [0.717, 1.165) is 21.7 Å². The summed E-state index contributed by atoms with van der Waals surface area (Å²) in [4.78, 5) is 21.9. The largest absolute Gasteiger partial charge is 0.468 e. The number of carbonyl (C=O) groups excluding carboxylic acids is 1. The van der Waals surface area contributed by atoms with Gasteiger partial charge in [0.05, 0.1) is 12.9 Å². The van der Waals surface area contributed by atoms with Crippen molar-refractivity contribution in [1.29, 1.82) is 0 Å². The number of hydrazine groups is 1. The number of esters is 1. The highest BCUT2D eigenvalue weighted by atomic mass is 32.2. The lowest BCUT2D eigenvalue weighted by Crippen LogP contribution is -2.11. The number of hydrogen-bond donors (Lipinski definition) is 2. The van der Waals surface area contributed by atoms with Crippen LogP contribution >= 0.6 is 23.1 Å². The first kappa shape index (κ1) is 14.0. The average Bonchev–Trinajstić information content (AvgIpc) is 2.86. The number of nitrogens with two attached hydrogens (primary N) is 1. The molecule has 2 aromatic heterocycles. The molecule has 19 heavy (non-hydrogen) atoms. The number of nitrogens with one attached hydrogen (secondary N) is 1. The number of rotatable bonds is 5. The number of anilines is 1. The van der Waals surface area contributed by atoms with Gasteiger partial charge in [-0.3, -0.25) is 10.2 Å². The van der Waals surface area contributed by atoms with Gasteiger partial charge in [-0.2, -0.15) is 0 Å². The van der Waals surface area contributed by atoms with Crippen molar-refractivity contribution in [3.05, 3.63) is 10.9 Å². The van der Waals surface area contributed by atoms with Crippen LogP contribution in [0.2, 0.25) is 0 Å². The number of ether oxygens (including phenoxy) is 1. The van der Waals surface area contributed by atoms with Crippen LogP contribution in [0, 0.1) is 0 Å². The molecule has 102 valence electrons. The molecule has 0 radical (unpaired) electrons. The summed E-state index contributed by atoms with van der Waals surface area (Å²) in [5.74, 6) is 5.64. The fraction of sp³-hybridized carbons (Fsp3) is 0.364. The molecule has 0 aliphatic heterocycles. The Morgan fingerprint density at radius 2 is 2.37 bits per heavy atom. The summed E-state index contributed by atoms with van der Waals surface area (Å²) in [6.45, 7) is 2.08. The molecule has 0 aliphatic carbocycles. The van der Waals surface area contributed by atoms with Gasteiger partial charge in [0, 0.05) is 10.3 Å². The molecule has 2 rings (SSSR count). The third kappa shape index (κ3) is 3.14. The Kier molecular flexibility index (Phi) is 4.56. The van der Waals surface area contributed by atoms with Crippen molar-refractivity contribution in [1.82, 2.24) is 9.97 Å². The van der Waals surface area contributed by atoms with E-state index in [9.17, 15) is 4.79 Å². The second-order valence-electron chi connectivity index (χ2n) is 3.65. The summed E-state index contributed by atoms with van der Waals surface area (Å²) in [6, 6.07) is 2.06. The van der Waals surface area contributed by atoms with E-state index in [4.69, 9.17) is 5.84 Å². The number of nitrogen functional groups attached to an aromatic ring is 1. The average molecular weight is 298 g/mol. The number of fused-ring (bicyclic) bond motifs is 1. The van der Waals surface area contributed by atoms with Gasteiger partial charge in [-0.15, -0.1) is 11.3 Å². The Balaban J connectivity index is 2.38. The van der Waals surface area contributed by atoms with Crippen molar-refractivity contribution >= 4 is 45.2 Å². The predicted octanol–water partition coefficient (Wildman–Crippen LogP) is 1.80. The van der Waals surface area contributed by atoms with Gasteiger partial charge in [0.1, 0.15) is 9.86 Å². The number of nitrogens with zero attached hydrogens (tertiary/aromatic N) is 2. The molecule has 0 saturated heterocycles. The van der Waals surface area contributed by atoms with Crippen LogP contribution in [0.3, 0.4) is 0 Å². The molecule has 0 aliphatic rings. The van der Waals surface area contributed by atoms with Crippen molar-refractivity contribution in [2.24, 2.45) is 5.84 Å². The topological polar surface area (TPSA) is 90.1 Å². The van der Waals surface area contributed by atoms with E-state index in [0.29, 0.717) is 5.95 Å². The first-order chi connectivity index (χ1) is 9.17. The highest BCUT2D eigenvalue weighted by Crippen LogP contribution is 2.32. The van der Waals surface area contributed by atoms with Crippen molar-refractivity contribution in [3.8, 4) is 0 Å². The van der Waals surface area contributed by atoms with Crippen LogP contribution in [-0.2, 0) is 16.0 Å². The molecule has 0 bridgehead atoms. The predicted molar refractivity (Wildman–Crippen MR) is 77.3 cm³/mol. The molecule has 8 heteroatoms. The second-order valence-corrected chi connectivity index (χ2v) is 5.73. The molecule has 0 unspecified atom stereocenters. The zero-order valence-electron chi connectivity index (χ0n) is 10.6. The SMILES string of the molecule is CCc1cc2c(SCC(=O)OC)nc(NN)nc2s1. The zero-order chi connectivity index (χ0) is 13.8. The van der Waals surface area contributed by atoms with Crippen molar-refractivity contribution in [3.63, 3.8) is 0 Å². The van der Waals surface area contributed by atoms with Crippen LogP contribution in [0.5, 0.6) is 0 Å². The standard InChI is InChI=1S/C11H14N4O2S2/c1-3-6-4-7-9(18-5-8(16)17-2)13-11(15-12)14-10(7)19-6/h4H,3,5,12H2,1-2H3,(H,13,14,15). The Bertz CT molecular complexity index is 600. The molecule has 3 N–H and O–H groups in total. The number of thioether (sulfide) groups is 1. The molecule has 2 heterocycles. The summed E-state index contributed by atoms with van der Waals surface area (Å²) in [6.07, 6.45) is 0.938. The molecule has 0 atom stereocenters. The lowest BCUT2D eigenvalue weighted by Gasteiger charge is -2.04. The maximum absolute atomic E-state index is 11.2. The Morgan fingerprint density at radius 3 is 3.00 bits per heavy atom. The summed E-state index contributed by atoms with van der Waals surface area (Å²) < 4.78 is 4.63. The van der Waals surface area contributed by atoms with E-state index in [-0.39, 0.29) is 11.7 Å². The highest BCUT2D eigenvalue weighted by Gasteiger charge is 2.13. The summed E-state index contributed by atoms with van der Waals surface area (Å²) >= 11 is 2.93. The second kappa shape index (κ2) is 6.18. The van der Waals surface area contributed by atoms with Gasteiger partial charge in [0.2, 0.25) is 5.95 Å². The first-order valence-electron chi connectivity index (χ1n) is 5.64. The first-order valence-corrected chi connectivity index (χ1v) is 7.44. The van der Waals surface area contributed by atoms with Crippen LogP contribution in [0.15, 0.2) is 11.1 Å². The Labute approximate surface area is 118 Å². The molecule has 0 aromatic carbocycles. The van der Waals surface area contributed by atoms with Gasteiger partial charge in [0.25, 0.3) is 0 Å². The lowest BCUT2D eigenvalue weighted by molar-refractivity contribution is -0.137. The molecular formula is C11H14N4O2S2. The summed E-state index contributed by atoms with van der Waals surface area (Å²) in [7, 11) is 1.37. The van der Waals surface area contributed by atoms with Gasteiger partial charge in [-0.05, 0) is 12.5 Å². The zero-order valence-corrected chi connectivity index (χ0v) is 12.2. The Morgan fingerprint density at radius 1 is 1.58 bits per heavy atom. The van der Waals surface area contributed by atoms with Gasteiger partial charge in [-0.1, -0.05) is 18.7 Å². The Hall–Kier alpha value is -1.38. The highest BCUT2D eigenvalue weighted by molar-refractivity contribution is 8.00. The molecule has 2 aromatic rings. The summed E-state index contributed by atoms with van der Waals surface area (Å²) in [5, 5.41) is 1.69. The maximum Gasteiger partial charge on any atom is 0.316 e. The van der Waals surface area contributed by atoms with Crippen LogP contribution in [0.25, 0.3) is 10.2 Å². The minimum Gasteiger partial charge on any atom is -0.468 e. The van der Waals surface area contributed by atoms with Gasteiger partial charge < -0.3 is 4.74 Å². The minimum absolute atomic E-state index is 0.212. The molecule has 6 nitrogen and oxygen atoms in total. The van der Waals surface area contributed by atoms with E-state index in [1.54, 1.807) is 11.3 Å². The van der Waals surface area contributed by atoms with Crippen molar-refractivity contribution < 1.29 is 9.53 Å². The number of thiophene rings is 1. The molecular weight excluding hydrogens is 284 g/mol. The number of hydrogen-bond acceptors (Lipinski definition) is 8. The maximum atomic E-state index is 11.2. The van der Waals surface area contributed by atoms with E-state index in [1.807, 2.05) is 0 Å². The summed E-state index contributed by atoms with van der Waals surface area (Å²) in [5.41, 5.74) is 2.44. The fourth-order valence-corrected chi connectivity index (χ4v) is 3.35. The minimum atomic E-state index is -0.287. The third-order valence-electron chi connectivity index (χ3n) is 2.44. The molecule has 0 saturated carbocycles. The van der Waals surface area contributed by atoms with Crippen LogP contribution in [0.4, 0.5) is 5.95 Å². The quantitative estimate of drug-likeness (QED) is 0.286.